The minimum Gasteiger partial charge on any atom is -0.619 e. The number of carboxylic acids is 1. The first-order valence-electron chi connectivity index (χ1n) is 17.2. The molecule has 292 valence electrons. The second-order valence-electron chi connectivity index (χ2n) is 13.0. The van der Waals surface area contributed by atoms with Crippen LogP contribution in [-0.4, -0.2) is 73.6 Å². The fourth-order valence-corrected chi connectivity index (χ4v) is 7.71. The predicted molar refractivity (Wildman–Crippen MR) is 200 cm³/mol. The predicted octanol–water partition coefficient (Wildman–Crippen LogP) is 7.59. The summed E-state index contributed by atoms with van der Waals surface area (Å²) < 4.78 is 45.2. The fourth-order valence-electron chi connectivity index (χ4n) is 7.11. The number of amides is 1. The van der Waals surface area contributed by atoms with E-state index in [1.807, 2.05) is 0 Å². The zero-order chi connectivity index (χ0) is 39.8. The molecule has 0 saturated carbocycles. The van der Waals surface area contributed by atoms with Gasteiger partial charge in [-0.2, -0.15) is 4.73 Å². The van der Waals surface area contributed by atoms with Gasteiger partial charge in [-0.1, -0.05) is 53.5 Å². The third-order valence-electron chi connectivity index (χ3n) is 9.84. The van der Waals surface area contributed by atoms with E-state index in [2.05, 4.69) is 4.90 Å². The number of rotatable bonds is 12. The monoisotopic (exact) mass is 801 g/mol. The number of methoxy groups -OCH3 is 2. The second-order valence-corrected chi connectivity index (χ2v) is 13.9. The highest BCUT2D eigenvalue weighted by atomic mass is 35.5. The lowest BCUT2D eigenvalue weighted by molar-refractivity contribution is -0.605. The van der Waals surface area contributed by atoms with Crippen molar-refractivity contribution < 1.29 is 52.3 Å². The van der Waals surface area contributed by atoms with Crippen LogP contribution in [0, 0.1) is 11.1 Å². The molecule has 3 aliphatic rings. The number of alkyl halides is 2. The molecule has 3 saturated heterocycles. The van der Waals surface area contributed by atoms with Crippen LogP contribution in [0.15, 0.2) is 73.1 Å². The number of nitrogens with zero attached hydrogens (tertiary/aromatic N) is 3. The van der Waals surface area contributed by atoms with Crippen molar-refractivity contribution in [1.82, 2.24) is 4.90 Å². The fraction of sp³-hybridized carbons (Fsp3) is 0.333. The Morgan fingerprint density at radius 3 is 2.25 bits per heavy atom. The van der Waals surface area contributed by atoms with Crippen LogP contribution in [0.3, 0.4) is 0 Å². The molecule has 2 bridgehead atoms. The van der Waals surface area contributed by atoms with Crippen molar-refractivity contribution in [2.24, 2.45) is 5.92 Å². The smallest absolute Gasteiger partial charge is 0.414 e. The summed E-state index contributed by atoms with van der Waals surface area (Å²) in [6.07, 6.45) is 0.393. The van der Waals surface area contributed by atoms with Gasteiger partial charge in [0.15, 0.2) is 23.9 Å². The van der Waals surface area contributed by atoms with Crippen molar-refractivity contribution >= 4 is 47.4 Å². The van der Waals surface area contributed by atoms with Gasteiger partial charge in [-0.05, 0) is 85.3 Å². The van der Waals surface area contributed by atoms with E-state index in [0.717, 1.165) is 38.3 Å². The molecule has 0 aliphatic carbocycles. The number of fused-ring (bicyclic) bond motifs is 3. The number of anilines is 1. The highest BCUT2D eigenvalue weighted by Crippen LogP contribution is 2.40. The van der Waals surface area contributed by atoms with Crippen molar-refractivity contribution in [2.75, 3.05) is 38.8 Å². The molecule has 0 spiro atoms. The normalized spacial score (nSPS) is 17.8. The summed E-state index contributed by atoms with van der Waals surface area (Å²) in [5.41, 5.74) is 1.78. The maximum atomic E-state index is 14.0. The van der Waals surface area contributed by atoms with Crippen LogP contribution in [0.5, 0.6) is 11.5 Å². The molecule has 12 nitrogen and oxygen atoms in total. The lowest BCUT2D eigenvalue weighted by Gasteiger charge is -2.44. The third-order valence-corrected chi connectivity index (χ3v) is 10.5. The number of aromatic carboxylic acids is 1. The molecule has 16 heteroatoms. The summed E-state index contributed by atoms with van der Waals surface area (Å²) >= 11 is 13.0. The lowest BCUT2D eigenvalue weighted by Crippen LogP contribution is -2.53. The molecule has 3 fully saturated rings. The molecule has 3 aliphatic heterocycles. The van der Waals surface area contributed by atoms with E-state index in [1.54, 1.807) is 36.4 Å². The molecule has 0 unspecified atom stereocenters. The van der Waals surface area contributed by atoms with Crippen molar-refractivity contribution in [1.29, 1.82) is 0 Å². The van der Waals surface area contributed by atoms with E-state index in [-0.39, 0.29) is 58.3 Å². The van der Waals surface area contributed by atoms with Crippen LogP contribution < -0.4 is 19.1 Å². The van der Waals surface area contributed by atoms with Crippen molar-refractivity contribution in [3.8, 4) is 11.5 Å². The number of pyridine rings is 1. The van der Waals surface area contributed by atoms with Crippen LogP contribution in [0.2, 0.25) is 10.0 Å². The minimum atomic E-state index is -2.77. The lowest BCUT2D eigenvalue weighted by atomic mass is 9.82. The van der Waals surface area contributed by atoms with Gasteiger partial charge < -0.3 is 29.6 Å². The number of benzene rings is 3. The number of carboxylic acid groups (broad SMARTS) is 2. The molecule has 2 atom stereocenters. The number of hydrogen-bond acceptors (Lipinski definition) is 8. The van der Waals surface area contributed by atoms with Crippen LogP contribution in [0.25, 0.3) is 0 Å². The molecular weight excluding hydrogens is 763 g/mol. The highest BCUT2D eigenvalue weighted by molar-refractivity contribution is 6.35. The molecule has 1 amide bonds. The van der Waals surface area contributed by atoms with E-state index >= 15 is 0 Å². The van der Waals surface area contributed by atoms with Crippen LogP contribution in [0.4, 0.5) is 19.3 Å². The summed E-state index contributed by atoms with van der Waals surface area (Å²) in [5.74, 6) is -0.889. The quantitative estimate of drug-likeness (QED) is 0.0833. The Balaban J connectivity index is 0.00000187. The zero-order valence-electron chi connectivity index (χ0n) is 29.9. The average Bonchev–Trinajstić information content (AvgIpc) is 3.17. The minimum absolute atomic E-state index is 0.0355. The Hall–Kier alpha value is -5.18. The number of halogens is 4. The number of ether oxygens (including phenoxy) is 3. The highest BCUT2D eigenvalue weighted by Gasteiger charge is 2.38. The van der Waals surface area contributed by atoms with Gasteiger partial charge in [-0.15, -0.1) is 0 Å². The average molecular weight is 803 g/mol. The summed E-state index contributed by atoms with van der Waals surface area (Å²) in [6, 6.07) is 15.4. The molecule has 0 radical (unpaired) electrons. The molecule has 1 aromatic heterocycles. The van der Waals surface area contributed by atoms with E-state index in [4.69, 9.17) is 47.3 Å². The SMILES string of the molecule is COc1ccc([C@H](Cc2c(Cl)c[n+]([O-])cc2Cl)c2cc(CN(C(=O)O[C@H]3CN4CCC3CC4)c3cccc(C(F)F)c3)ccc2C(=O)O)cc1OC.O=CO. The second kappa shape index (κ2) is 18.4. The molecule has 7 rings (SSSR count). The van der Waals surface area contributed by atoms with E-state index < -0.39 is 24.4 Å². The summed E-state index contributed by atoms with van der Waals surface area (Å²) in [4.78, 5) is 38.6. The van der Waals surface area contributed by atoms with Crippen molar-refractivity contribution in [3.63, 3.8) is 0 Å². The first kappa shape index (κ1) is 41.0. The summed E-state index contributed by atoms with van der Waals surface area (Å²) in [6.45, 7) is 2.11. The number of aromatic nitrogens is 1. The van der Waals surface area contributed by atoms with E-state index in [0.29, 0.717) is 45.0 Å². The maximum absolute atomic E-state index is 14.0. The van der Waals surface area contributed by atoms with Crippen LogP contribution in [-0.2, 0) is 22.5 Å². The van der Waals surface area contributed by atoms with Crippen LogP contribution >= 0.6 is 23.2 Å². The van der Waals surface area contributed by atoms with Gasteiger partial charge in [0.25, 0.3) is 12.9 Å². The first-order valence-corrected chi connectivity index (χ1v) is 17.9. The van der Waals surface area contributed by atoms with Gasteiger partial charge in [0.1, 0.15) is 16.1 Å². The van der Waals surface area contributed by atoms with E-state index in [1.165, 1.54) is 43.4 Å². The molecule has 2 N–H and O–H groups in total. The Kier molecular flexibility index (Phi) is 13.7. The Morgan fingerprint density at radius 2 is 1.67 bits per heavy atom. The van der Waals surface area contributed by atoms with E-state index in [9.17, 15) is 28.7 Å². The van der Waals surface area contributed by atoms with Gasteiger partial charge >= 0.3 is 12.1 Å². The standard InChI is InChI=1S/C38H37Cl2F2N3O7.CH2O2/c1-50-33-9-7-24(16-34(33)51-2)28(17-30-31(39)19-44(49)20-32(30)40)29-14-22(6-8-27(29)37(46)47)18-45(26-5-3-4-25(15-26)36(41)42)38(48)52-35-21-43-12-10-23(35)11-13-43;2-1-3/h3-9,14-16,19-20,23,28,35-36H,10-13,17-18,21H2,1-2H3,(H,46,47);1H,(H,2,3)/t28-,35-;/m0./s1. The number of carbonyl (C=O) groups is 3. The third kappa shape index (κ3) is 9.74. The topological polar surface area (TPSA) is 153 Å². The van der Waals surface area contributed by atoms with Crippen molar-refractivity contribution in [2.45, 2.75) is 44.3 Å². The first-order chi connectivity index (χ1) is 26.4. The molecular formula is C39H39Cl2F2N3O9. The zero-order valence-corrected chi connectivity index (χ0v) is 31.4. The Morgan fingerprint density at radius 1 is 1.00 bits per heavy atom. The van der Waals surface area contributed by atoms with Crippen molar-refractivity contribution in [3.05, 3.63) is 122 Å². The molecule has 55 heavy (non-hydrogen) atoms. The van der Waals surface area contributed by atoms with Gasteiger partial charge in [0, 0.05) is 29.3 Å². The van der Waals surface area contributed by atoms with Gasteiger partial charge in [0.05, 0.1) is 26.3 Å². The van der Waals surface area contributed by atoms with Crippen LogP contribution in [0.1, 0.15) is 63.4 Å². The summed E-state index contributed by atoms with van der Waals surface area (Å²) in [5, 5.41) is 29.5. The number of hydrogen-bond donors (Lipinski definition) is 2. The molecule has 4 aromatic rings. The number of piperidine rings is 3. The number of carbonyl (C=O) groups excluding carboxylic acids is 1. The summed E-state index contributed by atoms with van der Waals surface area (Å²) in [7, 11) is 2.97. The largest absolute Gasteiger partial charge is 0.619 e. The van der Waals surface area contributed by atoms with Gasteiger partial charge in [0.2, 0.25) is 0 Å². The van der Waals surface area contributed by atoms with Gasteiger partial charge in [-0.3, -0.25) is 14.6 Å². The molecule has 4 heterocycles. The maximum Gasteiger partial charge on any atom is 0.414 e. The Bertz CT molecular complexity index is 1990. The molecule has 3 aromatic carbocycles. The Labute approximate surface area is 325 Å². The van der Waals surface area contributed by atoms with Gasteiger partial charge in [-0.25, -0.2) is 18.4 Å².